The van der Waals surface area contributed by atoms with Crippen LogP contribution in [0.15, 0.2) is 12.1 Å². The van der Waals surface area contributed by atoms with Gasteiger partial charge in [-0.2, -0.15) is 0 Å². The summed E-state index contributed by atoms with van der Waals surface area (Å²) < 4.78 is 0. The van der Waals surface area contributed by atoms with Gasteiger partial charge in [-0.3, -0.25) is 4.90 Å². The lowest BCUT2D eigenvalue weighted by molar-refractivity contribution is 0.0350. The van der Waals surface area contributed by atoms with Gasteiger partial charge in [-0.05, 0) is 38.9 Å². The van der Waals surface area contributed by atoms with Crippen LogP contribution in [0, 0.1) is 0 Å². The van der Waals surface area contributed by atoms with Gasteiger partial charge in [0.15, 0.2) is 0 Å². The van der Waals surface area contributed by atoms with E-state index in [0.29, 0.717) is 18.1 Å². The molecule has 0 bridgehead atoms. The highest BCUT2D eigenvalue weighted by atomic mass is 35.5. The van der Waals surface area contributed by atoms with Gasteiger partial charge in [0.05, 0.1) is 16.3 Å². The molecule has 0 amide bonds. The first-order chi connectivity index (χ1) is 9.35. The molecule has 114 valence electrons. The van der Waals surface area contributed by atoms with Crippen LogP contribution in [0.3, 0.4) is 0 Å². The second kappa shape index (κ2) is 7.81. The van der Waals surface area contributed by atoms with E-state index in [-0.39, 0.29) is 0 Å². The molecule has 0 aliphatic rings. The van der Waals surface area contributed by atoms with E-state index in [1.807, 2.05) is 26.0 Å². The van der Waals surface area contributed by atoms with Crippen molar-refractivity contribution in [3.8, 4) is 0 Å². The van der Waals surface area contributed by atoms with Crippen LogP contribution in [0.1, 0.15) is 39.8 Å². The van der Waals surface area contributed by atoms with Crippen molar-refractivity contribution in [2.45, 2.75) is 46.3 Å². The molecule has 0 aliphatic heterocycles. The highest BCUT2D eigenvalue weighted by Crippen LogP contribution is 2.19. The largest absolute Gasteiger partial charge is 0.389 e. The summed E-state index contributed by atoms with van der Waals surface area (Å²) in [7, 11) is 0. The SMILES string of the molecule is CCCNc1ccc(Cl)c(CN(CC)CC(C)(C)O)n1. The fourth-order valence-corrected chi connectivity index (χ4v) is 2.15. The zero-order chi connectivity index (χ0) is 15.2. The van der Waals surface area contributed by atoms with Crippen LogP contribution in [-0.4, -0.2) is 40.2 Å². The summed E-state index contributed by atoms with van der Waals surface area (Å²) in [5, 5.41) is 13.9. The zero-order valence-electron chi connectivity index (χ0n) is 12.9. The van der Waals surface area contributed by atoms with E-state index in [9.17, 15) is 5.11 Å². The molecule has 0 aromatic carbocycles. The highest BCUT2D eigenvalue weighted by Gasteiger charge is 2.18. The number of anilines is 1. The molecule has 0 fully saturated rings. The topological polar surface area (TPSA) is 48.4 Å². The van der Waals surface area contributed by atoms with Crippen LogP contribution < -0.4 is 5.32 Å². The van der Waals surface area contributed by atoms with Crippen LogP contribution in [0.2, 0.25) is 5.02 Å². The van der Waals surface area contributed by atoms with E-state index < -0.39 is 5.60 Å². The third-order valence-electron chi connectivity index (χ3n) is 2.91. The van der Waals surface area contributed by atoms with Gasteiger partial charge in [-0.15, -0.1) is 0 Å². The Morgan fingerprint density at radius 3 is 2.60 bits per heavy atom. The van der Waals surface area contributed by atoms with Gasteiger partial charge < -0.3 is 10.4 Å². The molecule has 1 heterocycles. The molecule has 0 saturated carbocycles. The summed E-state index contributed by atoms with van der Waals surface area (Å²) in [6.07, 6.45) is 1.05. The predicted molar refractivity (Wildman–Crippen MR) is 85.3 cm³/mol. The number of likely N-dealkylation sites (N-methyl/N-ethyl adjacent to an activating group) is 1. The summed E-state index contributed by atoms with van der Waals surface area (Å²) in [4.78, 5) is 6.70. The van der Waals surface area contributed by atoms with Crippen LogP contribution in [-0.2, 0) is 6.54 Å². The molecule has 2 N–H and O–H groups in total. The van der Waals surface area contributed by atoms with E-state index in [4.69, 9.17) is 11.6 Å². The number of aromatic nitrogens is 1. The molecule has 1 aromatic heterocycles. The molecule has 20 heavy (non-hydrogen) atoms. The number of rotatable bonds is 8. The van der Waals surface area contributed by atoms with Crippen LogP contribution >= 0.6 is 11.6 Å². The first-order valence-electron chi connectivity index (χ1n) is 7.19. The summed E-state index contributed by atoms with van der Waals surface area (Å²) >= 11 is 6.22. The van der Waals surface area contributed by atoms with Gasteiger partial charge in [-0.25, -0.2) is 4.98 Å². The van der Waals surface area contributed by atoms with Gasteiger partial charge in [-0.1, -0.05) is 25.4 Å². The Kier molecular flexibility index (Phi) is 6.72. The lowest BCUT2D eigenvalue weighted by atomic mass is 10.1. The summed E-state index contributed by atoms with van der Waals surface area (Å²) in [6, 6.07) is 3.77. The number of hydrogen-bond donors (Lipinski definition) is 2. The minimum absolute atomic E-state index is 0.591. The molecule has 0 unspecified atom stereocenters. The van der Waals surface area contributed by atoms with Gasteiger partial charge >= 0.3 is 0 Å². The van der Waals surface area contributed by atoms with Crippen molar-refractivity contribution in [3.63, 3.8) is 0 Å². The quantitative estimate of drug-likeness (QED) is 0.774. The monoisotopic (exact) mass is 299 g/mol. The van der Waals surface area contributed by atoms with Crippen LogP contribution in [0.25, 0.3) is 0 Å². The third kappa shape index (κ3) is 6.07. The number of aliphatic hydroxyl groups is 1. The Bertz CT molecular complexity index is 418. The lowest BCUT2D eigenvalue weighted by Crippen LogP contribution is -2.38. The second-order valence-corrected chi connectivity index (χ2v) is 6.07. The molecule has 0 aliphatic carbocycles. The molecule has 0 spiro atoms. The van der Waals surface area contributed by atoms with Gasteiger partial charge in [0.2, 0.25) is 0 Å². The Morgan fingerprint density at radius 1 is 1.35 bits per heavy atom. The molecule has 4 nitrogen and oxygen atoms in total. The zero-order valence-corrected chi connectivity index (χ0v) is 13.7. The Labute approximate surface area is 127 Å². The van der Waals surface area contributed by atoms with Crippen molar-refractivity contribution in [3.05, 3.63) is 22.8 Å². The molecule has 0 saturated heterocycles. The van der Waals surface area contributed by atoms with Crippen molar-refractivity contribution in [1.29, 1.82) is 0 Å². The van der Waals surface area contributed by atoms with Crippen LogP contribution in [0.5, 0.6) is 0 Å². The minimum atomic E-state index is -0.722. The first-order valence-corrected chi connectivity index (χ1v) is 7.57. The van der Waals surface area contributed by atoms with Crippen molar-refractivity contribution >= 4 is 17.4 Å². The second-order valence-electron chi connectivity index (χ2n) is 5.67. The van der Waals surface area contributed by atoms with E-state index in [0.717, 1.165) is 31.0 Å². The summed E-state index contributed by atoms with van der Waals surface area (Å²) in [6.45, 7) is 10.8. The number of nitrogens with zero attached hydrogens (tertiary/aromatic N) is 2. The standard InChI is InChI=1S/C15H26ClN3O/c1-5-9-17-14-8-7-12(16)13(18-14)10-19(6-2)11-15(3,4)20/h7-8,20H,5-6,9-11H2,1-4H3,(H,17,18). The van der Waals surface area contributed by atoms with Crippen molar-refractivity contribution in [1.82, 2.24) is 9.88 Å². The minimum Gasteiger partial charge on any atom is -0.389 e. The highest BCUT2D eigenvalue weighted by molar-refractivity contribution is 6.31. The average molecular weight is 300 g/mol. The van der Waals surface area contributed by atoms with Gasteiger partial charge in [0.1, 0.15) is 5.82 Å². The Morgan fingerprint density at radius 2 is 2.05 bits per heavy atom. The number of pyridine rings is 1. The fourth-order valence-electron chi connectivity index (χ4n) is 1.99. The smallest absolute Gasteiger partial charge is 0.126 e. The van der Waals surface area contributed by atoms with E-state index in [1.165, 1.54) is 0 Å². The van der Waals surface area contributed by atoms with Gasteiger partial charge in [0, 0.05) is 19.6 Å². The van der Waals surface area contributed by atoms with Crippen molar-refractivity contribution in [2.75, 3.05) is 25.0 Å². The molecular weight excluding hydrogens is 274 g/mol. The maximum Gasteiger partial charge on any atom is 0.126 e. The number of nitrogens with one attached hydrogen (secondary N) is 1. The number of halogens is 1. The fraction of sp³-hybridized carbons (Fsp3) is 0.667. The third-order valence-corrected chi connectivity index (χ3v) is 3.25. The summed E-state index contributed by atoms with van der Waals surface area (Å²) in [5.74, 6) is 0.852. The Balaban J connectivity index is 2.78. The Hall–Kier alpha value is -0.840. The molecular formula is C15H26ClN3O. The molecule has 1 rings (SSSR count). The van der Waals surface area contributed by atoms with Crippen LogP contribution in [0.4, 0.5) is 5.82 Å². The molecule has 5 heteroatoms. The molecule has 0 atom stereocenters. The van der Waals surface area contributed by atoms with E-state index in [2.05, 4.69) is 29.0 Å². The lowest BCUT2D eigenvalue weighted by Gasteiger charge is -2.28. The molecule has 1 aromatic rings. The van der Waals surface area contributed by atoms with E-state index in [1.54, 1.807) is 0 Å². The first kappa shape index (κ1) is 17.2. The molecule has 0 radical (unpaired) electrons. The maximum absolute atomic E-state index is 9.93. The van der Waals surface area contributed by atoms with Gasteiger partial charge in [0.25, 0.3) is 0 Å². The summed E-state index contributed by atoms with van der Waals surface area (Å²) in [5.41, 5.74) is 0.125. The average Bonchev–Trinajstić information content (AvgIpc) is 2.37. The van der Waals surface area contributed by atoms with Crippen molar-refractivity contribution < 1.29 is 5.11 Å². The van der Waals surface area contributed by atoms with Crippen molar-refractivity contribution in [2.24, 2.45) is 0 Å². The van der Waals surface area contributed by atoms with E-state index >= 15 is 0 Å². The normalized spacial score (nSPS) is 11.9. The number of hydrogen-bond acceptors (Lipinski definition) is 4. The maximum atomic E-state index is 9.93. The predicted octanol–water partition coefficient (Wildman–Crippen LogP) is 3.15.